The minimum absolute atomic E-state index is 0.00812. The fraction of sp³-hybridized carbons (Fsp3) is 0.0714. The summed E-state index contributed by atoms with van der Waals surface area (Å²) in [4.78, 5) is 38.2. The van der Waals surface area contributed by atoms with Gasteiger partial charge in [0.1, 0.15) is 34.5 Å². The molecule has 0 radical (unpaired) electrons. The van der Waals surface area contributed by atoms with Crippen molar-refractivity contribution in [3.8, 4) is 34.5 Å². The van der Waals surface area contributed by atoms with Crippen LogP contribution in [0.4, 0.5) is 0 Å². The molecule has 0 bridgehead atoms. The fourth-order valence-electron chi connectivity index (χ4n) is 5.02. The van der Waals surface area contributed by atoms with Crippen LogP contribution in [0.25, 0.3) is 0 Å². The number of benzene rings is 6. The monoisotopic (exact) mass is 665 g/mol. The Morgan fingerprint density at radius 2 is 0.510 bits per heavy atom. The number of carbonyl (C=O) groups excluding carboxylic acids is 3. The number of rotatable bonds is 12. The van der Waals surface area contributed by atoms with Crippen LogP contribution in [0.5, 0.6) is 34.5 Å². The highest BCUT2D eigenvalue weighted by Crippen LogP contribution is 2.36. The van der Waals surface area contributed by atoms with E-state index in [0.29, 0.717) is 51.2 Å². The van der Waals surface area contributed by atoms with Crippen molar-refractivity contribution in [3.63, 3.8) is 0 Å². The molecule has 242 valence electrons. The first-order valence-corrected chi connectivity index (χ1v) is 16.9. The molecule has 0 aliphatic rings. The maximum Gasteiger partial charge on any atom is 0.166 e. The van der Waals surface area contributed by atoms with E-state index in [4.69, 9.17) is 14.2 Å². The first-order valence-electron chi connectivity index (χ1n) is 15.6. The van der Waals surface area contributed by atoms with Gasteiger partial charge in [-0.25, -0.2) is 0 Å². The van der Waals surface area contributed by atoms with Crippen molar-refractivity contribution in [3.05, 3.63) is 162 Å². The molecule has 0 amide bonds. The molecular formula is C42H33O6S+. The van der Waals surface area contributed by atoms with E-state index >= 15 is 0 Å². The van der Waals surface area contributed by atoms with Gasteiger partial charge in [0.05, 0.1) is 10.9 Å². The summed E-state index contributed by atoms with van der Waals surface area (Å²) < 4.78 is 18.2. The number of carbonyl (C=O) groups is 3. The molecule has 49 heavy (non-hydrogen) atoms. The zero-order valence-electron chi connectivity index (χ0n) is 27.2. The van der Waals surface area contributed by atoms with Gasteiger partial charge >= 0.3 is 0 Å². The summed E-state index contributed by atoms with van der Waals surface area (Å²) in [7, 11) is -0.483. The number of Topliss-reactive ketones (excluding diaryl/α,β-unsaturated/α-hetero) is 3. The van der Waals surface area contributed by atoms with Crippen LogP contribution in [0.3, 0.4) is 0 Å². The standard InChI is InChI=1S/C42H33O6S/c1-28(43)31-4-10-34(11-5-31)46-37-16-22-40(23-17-37)49(41-24-18-38(19-25-41)47-35-12-6-32(7-13-35)29(2)44)42-26-20-39(21-27-42)48-36-14-8-33(9-15-36)30(3)45/h4-27H,1-3H3/q+1. The van der Waals surface area contributed by atoms with Crippen molar-refractivity contribution < 1.29 is 28.6 Å². The third-order valence-electron chi connectivity index (χ3n) is 7.67. The van der Waals surface area contributed by atoms with Gasteiger partial charge in [-0.2, -0.15) is 0 Å². The Morgan fingerprint density at radius 1 is 0.327 bits per heavy atom. The summed E-state index contributed by atoms with van der Waals surface area (Å²) >= 11 is 0. The van der Waals surface area contributed by atoms with Gasteiger partial charge < -0.3 is 14.2 Å². The Kier molecular flexibility index (Phi) is 10.0. The normalized spacial score (nSPS) is 10.8. The third-order valence-corrected chi connectivity index (χ3v) is 9.90. The van der Waals surface area contributed by atoms with Crippen LogP contribution in [0.15, 0.2) is 160 Å². The van der Waals surface area contributed by atoms with Crippen molar-refractivity contribution in [1.29, 1.82) is 0 Å². The second kappa shape index (κ2) is 14.9. The van der Waals surface area contributed by atoms with Crippen LogP contribution in [0, 0.1) is 0 Å². The molecule has 6 rings (SSSR count). The minimum Gasteiger partial charge on any atom is -0.457 e. The molecule has 6 aromatic carbocycles. The summed E-state index contributed by atoms with van der Waals surface area (Å²) in [6.07, 6.45) is 0. The molecule has 0 saturated heterocycles. The van der Waals surface area contributed by atoms with Gasteiger partial charge in [-0.1, -0.05) is 0 Å². The second-order valence-corrected chi connectivity index (χ2v) is 13.3. The molecule has 0 aliphatic heterocycles. The topological polar surface area (TPSA) is 78.9 Å². The number of hydrogen-bond donors (Lipinski definition) is 0. The molecule has 6 aromatic rings. The maximum absolute atomic E-state index is 11.6. The van der Waals surface area contributed by atoms with E-state index in [9.17, 15) is 14.4 Å². The Bertz CT molecular complexity index is 1820. The molecule has 0 saturated carbocycles. The van der Waals surface area contributed by atoms with Crippen LogP contribution in [0.2, 0.25) is 0 Å². The fourth-order valence-corrected chi connectivity index (χ4v) is 7.06. The van der Waals surface area contributed by atoms with Crippen molar-refractivity contribution in [1.82, 2.24) is 0 Å². The Balaban J connectivity index is 1.25. The average molecular weight is 666 g/mol. The van der Waals surface area contributed by atoms with Gasteiger partial charge in [-0.05, 0) is 166 Å². The van der Waals surface area contributed by atoms with Crippen molar-refractivity contribution in [2.24, 2.45) is 0 Å². The molecule has 0 N–H and O–H groups in total. The second-order valence-electron chi connectivity index (χ2n) is 11.3. The van der Waals surface area contributed by atoms with E-state index in [1.54, 1.807) is 72.8 Å². The van der Waals surface area contributed by atoms with Crippen LogP contribution in [0.1, 0.15) is 51.8 Å². The summed E-state index contributed by atoms with van der Waals surface area (Å²) in [6.45, 7) is 4.62. The maximum atomic E-state index is 11.6. The molecule has 0 atom stereocenters. The van der Waals surface area contributed by atoms with E-state index in [-0.39, 0.29) is 17.3 Å². The molecule has 0 heterocycles. The lowest BCUT2D eigenvalue weighted by molar-refractivity contribution is 0.100. The Morgan fingerprint density at radius 3 is 0.694 bits per heavy atom. The molecule has 0 unspecified atom stereocenters. The molecule has 0 aromatic heterocycles. The van der Waals surface area contributed by atoms with Gasteiger partial charge in [-0.15, -0.1) is 0 Å². The van der Waals surface area contributed by atoms with Crippen LogP contribution in [-0.4, -0.2) is 17.3 Å². The lowest BCUT2D eigenvalue weighted by Crippen LogP contribution is -2.05. The summed E-state index contributed by atoms with van der Waals surface area (Å²) in [5.41, 5.74) is 1.91. The van der Waals surface area contributed by atoms with Gasteiger partial charge in [0.2, 0.25) is 0 Å². The van der Waals surface area contributed by atoms with Crippen molar-refractivity contribution in [2.45, 2.75) is 35.5 Å². The highest BCUT2D eigenvalue weighted by Gasteiger charge is 2.29. The quantitative estimate of drug-likeness (QED) is 0.0956. The van der Waals surface area contributed by atoms with Crippen molar-refractivity contribution >= 4 is 28.2 Å². The van der Waals surface area contributed by atoms with E-state index in [2.05, 4.69) is 36.4 Å². The molecule has 0 aliphatic carbocycles. The number of ketones is 3. The zero-order chi connectivity index (χ0) is 34.3. The Labute approximate surface area is 288 Å². The predicted molar refractivity (Wildman–Crippen MR) is 191 cm³/mol. The van der Waals surface area contributed by atoms with E-state index in [1.807, 2.05) is 36.4 Å². The number of ether oxygens (including phenoxy) is 3. The van der Waals surface area contributed by atoms with Crippen LogP contribution < -0.4 is 14.2 Å². The first-order chi connectivity index (χ1) is 23.7. The van der Waals surface area contributed by atoms with E-state index in [0.717, 1.165) is 14.7 Å². The molecule has 6 nitrogen and oxygen atoms in total. The van der Waals surface area contributed by atoms with Crippen LogP contribution >= 0.6 is 0 Å². The average Bonchev–Trinajstić information content (AvgIpc) is 3.11. The number of hydrogen-bond acceptors (Lipinski definition) is 6. The molecular weight excluding hydrogens is 633 g/mol. The zero-order valence-corrected chi connectivity index (χ0v) is 28.0. The highest BCUT2D eigenvalue weighted by molar-refractivity contribution is 7.97. The van der Waals surface area contributed by atoms with Gasteiger partial charge in [-0.3, -0.25) is 14.4 Å². The minimum atomic E-state index is -0.483. The van der Waals surface area contributed by atoms with Crippen LogP contribution in [-0.2, 0) is 10.9 Å². The summed E-state index contributed by atoms with van der Waals surface area (Å²) in [5, 5.41) is 0. The summed E-state index contributed by atoms with van der Waals surface area (Å²) in [5.74, 6) is 4.02. The summed E-state index contributed by atoms with van der Waals surface area (Å²) in [6, 6.07) is 45.3. The molecule has 0 spiro atoms. The largest absolute Gasteiger partial charge is 0.457 e. The van der Waals surface area contributed by atoms with Gasteiger partial charge in [0.15, 0.2) is 32.0 Å². The van der Waals surface area contributed by atoms with Gasteiger partial charge in [0.25, 0.3) is 0 Å². The SMILES string of the molecule is CC(=O)c1ccc(Oc2ccc([S+](c3ccc(Oc4ccc(C(C)=O)cc4)cc3)c3ccc(Oc4ccc(C(C)=O)cc4)cc3)cc2)cc1. The highest BCUT2D eigenvalue weighted by atomic mass is 32.2. The van der Waals surface area contributed by atoms with E-state index < -0.39 is 10.9 Å². The Hall–Kier alpha value is -5.92. The van der Waals surface area contributed by atoms with Gasteiger partial charge in [0, 0.05) is 16.7 Å². The lowest BCUT2D eigenvalue weighted by Gasteiger charge is -2.12. The predicted octanol–water partition coefficient (Wildman–Crippen LogP) is 10.8. The van der Waals surface area contributed by atoms with E-state index in [1.165, 1.54) is 20.8 Å². The lowest BCUT2D eigenvalue weighted by atomic mass is 10.1. The smallest absolute Gasteiger partial charge is 0.166 e. The first kappa shape index (κ1) is 33.0. The molecule has 0 fully saturated rings. The molecule has 7 heteroatoms. The van der Waals surface area contributed by atoms with Crippen molar-refractivity contribution in [2.75, 3.05) is 0 Å². The third kappa shape index (κ3) is 8.33.